The zero-order valence-corrected chi connectivity index (χ0v) is 14.3. The third kappa shape index (κ3) is 3.95. The van der Waals surface area contributed by atoms with Gasteiger partial charge in [-0.05, 0) is 61.7 Å². The maximum absolute atomic E-state index is 10.9. The summed E-state index contributed by atoms with van der Waals surface area (Å²) in [5.74, 6) is 0.762. The fraction of sp³-hybridized carbons (Fsp3) is 0.143. The van der Waals surface area contributed by atoms with Crippen molar-refractivity contribution in [2.75, 3.05) is 12.4 Å². The quantitative estimate of drug-likeness (QED) is 0.565. The second kappa shape index (κ2) is 6.91. The third-order valence-corrected chi connectivity index (χ3v) is 4.15. The Morgan fingerprint density at radius 3 is 2.57 bits per heavy atom. The minimum atomic E-state index is -0.417. The number of methoxy groups -OCH3 is 1. The molecule has 0 saturated heterocycles. The Balaban J connectivity index is 2.11. The first kappa shape index (κ1) is 15.8. The van der Waals surface area contributed by atoms with Crippen LogP contribution in [0.5, 0.6) is 5.75 Å². The summed E-state index contributed by atoms with van der Waals surface area (Å²) >= 11 is 6.59. The van der Waals surface area contributed by atoms with E-state index in [1.807, 2.05) is 18.2 Å². The standard InChI is InChI=1S/C14H12Br2N2O3/c1-21-14-5-2-9(6-12(14)16)8-17-10-3-4-11(15)13(7-10)18(19)20/h2-7,17H,8H2,1H3. The Kier molecular flexibility index (Phi) is 5.19. The molecule has 0 aromatic heterocycles. The molecule has 5 nitrogen and oxygen atoms in total. The fourth-order valence-corrected chi connectivity index (χ4v) is 2.77. The summed E-state index contributed by atoms with van der Waals surface area (Å²) in [4.78, 5) is 10.5. The number of nitrogens with zero attached hydrogens (tertiary/aromatic N) is 1. The van der Waals surface area contributed by atoms with Gasteiger partial charge in [0.1, 0.15) is 5.75 Å². The van der Waals surface area contributed by atoms with Crippen LogP contribution in [0.4, 0.5) is 11.4 Å². The number of nitrogens with one attached hydrogen (secondary N) is 1. The van der Waals surface area contributed by atoms with E-state index in [9.17, 15) is 10.1 Å². The number of rotatable bonds is 5. The molecule has 7 heteroatoms. The first-order valence-corrected chi connectivity index (χ1v) is 7.60. The van der Waals surface area contributed by atoms with E-state index in [-0.39, 0.29) is 5.69 Å². The van der Waals surface area contributed by atoms with E-state index in [1.54, 1.807) is 19.2 Å². The van der Waals surface area contributed by atoms with Crippen LogP contribution in [-0.4, -0.2) is 12.0 Å². The monoisotopic (exact) mass is 414 g/mol. The molecule has 0 radical (unpaired) electrons. The molecule has 0 atom stereocenters. The van der Waals surface area contributed by atoms with Gasteiger partial charge in [-0.1, -0.05) is 6.07 Å². The maximum atomic E-state index is 10.9. The van der Waals surface area contributed by atoms with Gasteiger partial charge < -0.3 is 10.1 Å². The summed E-state index contributed by atoms with van der Waals surface area (Å²) in [5, 5.41) is 14.1. The van der Waals surface area contributed by atoms with Crippen molar-refractivity contribution in [1.82, 2.24) is 0 Å². The van der Waals surface area contributed by atoms with E-state index in [2.05, 4.69) is 37.2 Å². The lowest BCUT2D eigenvalue weighted by Crippen LogP contribution is -2.00. The molecule has 0 aliphatic heterocycles. The van der Waals surface area contributed by atoms with Gasteiger partial charge in [0.05, 0.1) is 21.0 Å². The molecule has 2 aromatic rings. The van der Waals surface area contributed by atoms with E-state index in [0.29, 0.717) is 16.7 Å². The lowest BCUT2D eigenvalue weighted by atomic mass is 10.2. The minimum Gasteiger partial charge on any atom is -0.496 e. The first-order chi connectivity index (χ1) is 10.0. The highest BCUT2D eigenvalue weighted by Crippen LogP contribution is 2.29. The van der Waals surface area contributed by atoms with Crippen molar-refractivity contribution in [1.29, 1.82) is 0 Å². The van der Waals surface area contributed by atoms with Crippen LogP contribution in [0, 0.1) is 10.1 Å². The predicted octanol–water partition coefficient (Wildman–Crippen LogP) is 4.74. The van der Waals surface area contributed by atoms with Crippen molar-refractivity contribution in [2.24, 2.45) is 0 Å². The van der Waals surface area contributed by atoms with Gasteiger partial charge in [0, 0.05) is 18.3 Å². The number of halogens is 2. The summed E-state index contributed by atoms with van der Waals surface area (Å²) in [7, 11) is 1.61. The van der Waals surface area contributed by atoms with Crippen molar-refractivity contribution in [3.8, 4) is 5.75 Å². The summed E-state index contributed by atoms with van der Waals surface area (Å²) in [6.45, 7) is 0.557. The number of benzene rings is 2. The molecule has 0 saturated carbocycles. The molecule has 0 unspecified atom stereocenters. The van der Waals surface area contributed by atoms with Crippen LogP contribution in [0.3, 0.4) is 0 Å². The molecule has 0 fully saturated rings. The van der Waals surface area contributed by atoms with Crippen molar-refractivity contribution < 1.29 is 9.66 Å². The van der Waals surface area contributed by atoms with Gasteiger partial charge in [0.2, 0.25) is 0 Å². The molecule has 2 rings (SSSR count). The van der Waals surface area contributed by atoms with Crippen LogP contribution in [-0.2, 0) is 6.54 Å². The highest BCUT2D eigenvalue weighted by Gasteiger charge is 2.12. The first-order valence-electron chi connectivity index (χ1n) is 6.01. The summed E-state index contributed by atoms with van der Waals surface area (Å²) in [6, 6.07) is 10.7. The second-order valence-electron chi connectivity index (χ2n) is 4.25. The average Bonchev–Trinajstić information content (AvgIpc) is 2.46. The molecule has 2 aromatic carbocycles. The van der Waals surface area contributed by atoms with Gasteiger partial charge in [-0.2, -0.15) is 0 Å². The molecule has 0 spiro atoms. The zero-order chi connectivity index (χ0) is 15.4. The molecule has 0 aliphatic rings. The Hall–Kier alpha value is -1.60. The predicted molar refractivity (Wildman–Crippen MR) is 88.8 cm³/mol. The summed E-state index contributed by atoms with van der Waals surface area (Å²) < 4.78 is 6.50. The maximum Gasteiger partial charge on any atom is 0.285 e. The number of nitro benzene ring substituents is 1. The largest absolute Gasteiger partial charge is 0.496 e. The van der Waals surface area contributed by atoms with Crippen LogP contribution >= 0.6 is 31.9 Å². The number of ether oxygens (including phenoxy) is 1. The van der Waals surface area contributed by atoms with Crippen LogP contribution in [0.1, 0.15) is 5.56 Å². The van der Waals surface area contributed by atoms with Gasteiger partial charge in [-0.15, -0.1) is 0 Å². The van der Waals surface area contributed by atoms with Crippen molar-refractivity contribution in [2.45, 2.75) is 6.54 Å². The van der Waals surface area contributed by atoms with Gasteiger partial charge in [-0.3, -0.25) is 10.1 Å². The van der Waals surface area contributed by atoms with Gasteiger partial charge >= 0.3 is 0 Å². The normalized spacial score (nSPS) is 10.2. The molecule has 0 aliphatic carbocycles. The summed E-state index contributed by atoms with van der Waals surface area (Å²) in [6.07, 6.45) is 0. The van der Waals surface area contributed by atoms with Gasteiger partial charge in [-0.25, -0.2) is 0 Å². The number of nitro groups is 1. The highest BCUT2D eigenvalue weighted by molar-refractivity contribution is 9.11. The SMILES string of the molecule is COc1ccc(CNc2ccc(Br)c([N+](=O)[O-])c2)cc1Br. The molecular weight excluding hydrogens is 404 g/mol. The second-order valence-corrected chi connectivity index (χ2v) is 5.95. The summed E-state index contributed by atoms with van der Waals surface area (Å²) in [5.41, 5.74) is 1.76. The number of hydrogen-bond acceptors (Lipinski definition) is 4. The van der Waals surface area contributed by atoms with Crippen LogP contribution in [0.2, 0.25) is 0 Å². The molecule has 0 heterocycles. The average molecular weight is 416 g/mol. The van der Waals surface area contributed by atoms with E-state index >= 15 is 0 Å². The fourth-order valence-electron chi connectivity index (χ4n) is 1.79. The Labute approximate surface area is 138 Å². The van der Waals surface area contributed by atoms with Crippen LogP contribution in [0.25, 0.3) is 0 Å². The van der Waals surface area contributed by atoms with E-state index in [1.165, 1.54) is 6.07 Å². The molecule has 0 bridgehead atoms. The van der Waals surface area contributed by atoms with E-state index in [0.717, 1.165) is 15.8 Å². The van der Waals surface area contributed by atoms with Crippen molar-refractivity contribution in [3.63, 3.8) is 0 Å². The Morgan fingerprint density at radius 2 is 1.95 bits per heavy atom. The molecule has 21 heavy (non-hydrogen) atoms. The minimum absolute atomic E-state index is 0.0379. The molecule has 110 valence electrons. The zero-order valence-electron chi connectivity index (χ0n) is 11.1. The molecule has 0 amide bonds. The van der Waals surface area contributed by atoms with Crippen LogP contribution < -0.4 is 10.1 Å². The Morgan fingerprint density at radius 1 is 1.19 bits per heavy atom. The van der Waals surface area contributed by atoms with Crippen molar-refractivity contribution in [3.05, 3.63) is 61.0 Å². The topological polar surface area (TPSA) is 64.4 Å². The van der Waals surface area contributed by atoms with Gasteiger partial charge in [0.15, 0.2) is 0 Å². The van der Waals surface area contributed by atoms with Gasteiger partial charge in [0.25, 0.3) is 5.69 Å². The lowest BCUT2D eigenvalue weighted by molar-refractivity contribution is -0.385. The Bertz CT molecular complexity index is 677. The number of anilines is 1. The van der Waals surface area contributed by atoms with E-state index in [4.69, 9.17) is 4.74 Å². The number of hydrogen-bond donors (Lipinski definition) is 1. The van der Waals surface area contributed by atoms with E-state index < -0.39 is 4.92 Å². The highest BCUT2D eigenvalue weighted by atomic mass is 79.9. The van der Waals surface area contributed by atoms with Crippen LogP contribution in [0.15, 0.2) is 45.3 Å². The lowest BCUT2D eigenvalue weighted by Gasteiger charge is -2.09. The molecular formula is C14H12Br2N2O3. The smallest absolute Gasteiger partial charge is 0.285 e. The molecule has 1 N–H and O–H groups in total. The third-order valence-electron chi connectivity index (χ3n) is 2.86. The van der Waals surface area contributed by atoms with Crippen molar-refractivity contribution >= 4 is 43.2 Å².